The molecule has 2 N–H and O–H groups in total. The van der Waals surface area contributed by atoms with Gasteiger partial charge >= 0.3 is 0 Å². The average Bonchev–Trinajstić information content (AvgIpc) is 2.64. The number of benzene rings is 1. The zero-order chi connectivity index (χ0) is 19.6. The molecular weight excluding hydrogens is 338 g/mol. The molecule has 0 radical (unpaired) electrons. The summed E-state index contributed by atoms with van der Waals surface area (Å²) >= 11 is 0. The van der Waals surface area contributed by atoms with Crippen molar-refractivity contribution in [2.24, 2.45) is 4.99 Å². The molecule has 0 saturated carbocycles. The molecule has 2 rings (SSSR count). The Morgan fingerprint density at radius 2 is 2.07 bits per heavy atom. The van der Waals surface area contributed by atoms with Crippen molar-refractivity contribution in [3.05, 3.63) is 48.0 Å². The number of nitrogens with one attached hydrogen (secondary N) is 2. The van der Waals surface area contributed by atoms with Gasteiger partial charge in [0.1, 0.15) is 6.54 Å². The van der Waals surface area contributed by atoms with Crippen LogP contribution in [0.25, 0.3) is 0 Å². The summed E-state index contributed by atoms with van der Waals surface area (Å²) in [4.78, 5) is 20.4. The number of amides is 1. The quantitative estimate of drug-likeness (QED) is 0.436. The number of likely N-dealkylation sites (N-methyl/N-ethyl adjacent to an activating group) is 1. The van der Waals surface area contributed by atoms with Gasteiger partial charge in [-0.25, -0.2) is 4.99 Å². The molecule has 1 aromatic carbocycles. The van der Waals surface area contributed by atoms with Crippen molar-refractivity contribution >= 4 is 11.9 Å². The van der Waals surface area contributed by atoms with Gasteiger partial charge in [-0.05, 0) is 31.9 Å². The molecule has 1 aliphatic rings. The lowest BCUT2D eigenvalue weighted by Gasteiger charge is -2.34. The van der Waals surface area contributed by atoms with Gasteiger partial charge in [-0.1, -0.05) is 42.5 Å². The molecular formula is C21H33N5O. The van der Waals surface area contributed by atoms with Gasteiger partial charge in [0.25, 0.3) is 0 Å². The van der Waals surface area contributed by atoms with Crippen LogP contribution in [-0.4, -0.2) is 68.0 Å². The summed E-state index contributed by atoms with van der Waals surface area (Å²) in [6, 6.07) is 10.9. The molecule has 1 aliphatic heterocycles. The number of hydrogen-bond acceptors (Lipinski definition) is 3. The third-order valence-corrected chi connectivity index (χ3v) is 4.52. The van der Waals surface area contributed by atoms with E-state index in [4.69, 9.17) is 0 Å². The monoisotopic (exact) mass is 371 g/mol. The Bertz CT molecular complexity index is 641. The van der Waals surface area contributed by atoms with Gasteiger partial charge in [0.05, 0.1) is 0 Å². The number of likely N-dealkylation sites (tertiary alicyclic amines) is 1. The van der Waals surface area contributed by atoms with E-state index in [2.05, 4.69) is 57.4 Å². The summed E-state index contributed by atoms with van der Waals surface area (Å²) < 4.78 is 0. The Balaban J connectivity index is 1.94. The normalized spacial score (nSPS) is 18.0. The number of hydrogen-bond donors (Lipinski definition) is 2. The molecule has 6 nitrogen and oxygen atoms in total. The fourth-order valence-electron chi connectivity index (χ4n) is 3.03. The molecule has 0 bridgehead atoms. The van der Waals surface area contributed by atoms with E-state index in [1.807, 2.05) is 6.92 Å². The van der Waals surface area contributed by atoms with Crippen molar-refractivity contribution in [2.75, 3.05) is 40.3 Å². The van der Waals surface area contributed by atoms with Gasteiger partial charge in [0, 0.05) is 39.8 Å². The van der Waals surface area contributed by atoms with E-state index in [0.29, 0.717) is 18.5 Å². The SMILES string of the molecule is C=C(C)CNC(=NCC(=O)N(C)C)NC1CCCN(Cc2ccccc2)C1. The van der Waals surface area contributed by atoms with Gasteiger partial charge in [-0.15, -0.1) is 0 Å². The van der Waals surface area contributed by atoms with Crippen LogP contribution in [0, 0.1) is 0 Å². The third kappa shape index (κ3) is 7.83. The number of guanidine groups is 1. The van der Waals surface area contributed by atoms with Crippen molar-refractivity contribution in [1.82, 2.24) is 20.4 Å². The topological polar surface area (TPSA) is 60.0 Å². The fraction of sp³-hybridized carbons (Fsp3) is 0.524. The van der Waals surface area contributed by atoms with Crippen LogP contribution in [0.3, 0.4) is 0 Å². The third-order valence-electron chi connectivity index (χ3n) is 4.52. The highest BCUT2D eigenvalue weighted by Gasteiger charge is 2.21. The highest BCUT2D eigenvalue weighted by Crippen LogP contribution is 2.13. The van der Waals surface area contributed by atoms with E-state index >= 15 is 0 Å². The van der Waals surface area contributed by atoms with Crippen LogP contribution < -0.4 is 10.6 Å². The van der Waals surface area contributed by atoms with Crippen molar-refractivity contribution < 1.29 is 4.79 Å². The minimum atomic E-state index is -0.0132. The maximum atomic E-state index is 11.9. The summed E-state index contributed by atoms with van der Waals surface area (Å²) in [6.07, 6.45) is 2.25. The van der Waals surface area contributed by atoms with E-state index in [9.17, 15) is 4.79 Å². The minimum Gasteiger partial charge on any atom is -0.353 e. The standard InChI is InChI=1S/C21H33N5O/c1-17(2)13-22-21(23-14-20(27)25(3)4)24-19-11-8-12-26(16-19)15-18-9-6-5-7-10-18/h5-7,9-10,19H,1,8,11-16H2,2-4H3,(H2,22,23,24). The second-order valence-corrected chi connectivity index (χ2v) is 7.47. The molecule has 0 aliphatic carbocycles. The van der Waals surface area contributed by atoms with Crippen molar-refractivity contribution in [3.8, 4) is 0 Å². The van der Waals surface area contributed by atoms with Crippen molar-refractivity contribution in [2.45, 2.75) is 32.4 Å². The van der Waals surface area contributed by atoms with Gasteiger partial charge < -0.3 is 15.5 Å². The molecule has 148 valence electrons. The number of nitrogens with zero attached hydrogens (tertiary/aromatic N) is 3. The first-order chi connectivity index (χ1) is 12.9. The maximum Gasteiger partial charge on any atom is 0.243 e. The van der Waals surface area contributed by atoms with E-state index < -0.39 is 0 Å². The first-order valence-corrected chi connectivity index (χ1v) is 9.59. The number of carbonyl (C=O) groups is 1. The second-order valence-electron chi connectivity index (χ2n) is 7.47. The number of piperidine rings is 1. The molecule has 1 unspecified atom stereocenters. The molecule has 1 fully saturated rings. The summed E-state index contributed by atoms with van der Waals surface area (Å²) in [5.41, 5.74) is 2.36. The van der Waals surface area contributed by atoms with Crippen LogP contribution >= 0.6 is 0 Å². The van der Waals surface area contributed by atoms with Crippen LogP contribution in [0.15, 0.2) is 47.5 Å². The number of aliphatic imine (C=N–C) groups is 1. The largest absolute Gasteiger partial charge is 0.353 e. The zero-order valence-corrected chi connectivity index (χ0v) is 16.9. The summed E-state index contributed by atoms with van der Waals surface area (Å²) in [7, 11) is 3.49. The lowest BCUT2D eigenvalue weighted by molar-refractivity contribution is -0.127. The smallest absolute Gasteiger partial charge is 0.243 e. The number of rotatable bonds is 7. The maximum absolute atomic E-state index is 11.9. The van der Waals surface area contributed by atoms with Crippen LogP contribution in [0.1, 0.15) is 25.3 Å². The lowest BCUT2D eigenvalue weighted by Crippen LogP contribution is -2.51. The molecule has 1 saturated heterocycles. The Kier molecular flexibility index (Phi) is 8.33. The highest BCUT2D eigenvalue weighted by molar-refractivity contribution is 5.85. The molecule has 27 heavy (non-hydrogen) atoms. The van der Waals surface area contributed by atoms with Gasteiger partial charge in [-0.3, -0.25) is 9.69 Å². The summed E-state index contributed by atoms with van der Waals surface area (Å²) in [5, 5.41) is 6.78. The number of carbonyl (C=O) groups excluding carboxylic acids is 1. The summed E-state index contributed by atoms with van der Waals surface area (Å²) in [6.45, 7) is 9.71. The first kappa shape index (κ1) is 21.0. The van der Waals surface area contributed by atoms with Crippen LogP contribution in [0.5, 0.6) is 0 Å². The van der Waals surface area contributed by atoms with Crippen LogP contribution in [0.4, 0.5) is 0 Å². The first-order valence-electron chi connectivity index (χ1n) is 9.59. The Labute approximate surface area is 163 Å². The molecule has 1 atom stereocenters. The molecule has 0 aromatic heterocycles. The molecule has 1 aromatic rings. The lowest BCUT2D eigenvalue weighted by atomic mass is 10.0. The molecule has 0 spiro atoms. The van der Waals surface area contributed by atoms with E-state index in [0.717, 1.165) is 38.0 Å². The predicted molar refractivity (Wildman–Crippen MR) is 112 cm³/mol. The zero-order valence-electron chi connectivity index (χ0n) is 16.9. The predicted octanol–water partition coefficient (Wildman–Crippen LogP) is 1.85. The van der Waals surface area contributed by atoms with Gasteiger partial charge in [-0.2, -0.15) is 0 Å². The summed E-state index contributed by atoms with van der Waals surface area (Å²) in [5.74, 6) is 0.667. The van der Waals surface area contributed by atoms with Crippen molar-refractivity contribution in [1.29, 1.82) is 0 Å². The molecule has 1 heterocycles. The van der Waals surface area contributed by atoms with Crippen LogP contribution in [0.2, 0.25) is 0 Å². The fourth-order valence-corrected chi connectivity index (χ4v) is 3.03. The van der Waals surface area contributed by atoms with Gasteiger partial charge in [0.15, 0.2) is 5.96 Å². The van der Waals surface area contributed by atoms with Crippen LogP contribution in [-0.2, 0) is 11.3 Å². The van der Waals surface area contributed by atoms with Crippen molar-refractivity contribution in [3.63, 3.8) is 0 Å². The highest BCUT2D eigenvalue weighted by atomic mass is 16.2. The average molecular weight is 372 g/mol. The second kappa shape index (κ2) is 10.7. The molecule has 1 amide bonds. The Morgan fingerprint density at radius 3 is 2.74 bits per heavy atom. The Hall–Kier alpha value is -2.34. The van der Waals surface area contributed by atoms with E-state index in [-0.39, 0.29) is 12.5 Å². The Morgan fingerprint density at radius 1 is 1.33 bits per heavy atom. The van der Waals surface area contributed by atoms with E-state index in [1.54, 1.807) is 19.0 Å². The minimum absolute atomic E-state index is 0.0132. The molecule has 6 heteroatoms. The van der Waals surface area contributed by atoms with Gasteiger partial charge in [0.2, 0.25) is 5.91 Å². The van der Waals surface area contributed by atoms with E-state index in [1.165, 1.54) is 5.56 Å².